The molecule has 2 fully saturated rings. The number of fused-ring (bicyclic) bond motifs is 1. The first-order valence-electron chi connectivity index (χ1n) is 8.73. The fraction of sp³-hybridized carbons (Fsp3) is 0.500. The van der Waals surface area contributed by atoms with E-state index in [9.17, 15) is 18.0 Å². The van der Waals surface area contributed by atoms with Crippen molar-refractivity contribution in [3.8, 4) is 5.75 Å². The number of aromatic amines is 1. The van der Waals surface area contributed by atoms with Crippen LogP contribution in [0.3, 0.4) is 0 Å². The number of likely N-dealkylation sites (tertiary alicyclic amines) is 1. The molecule has 1 unspecified atom stereocenters. The molecule has 146 valence electrons. The molecule has 1 amide bonds. The van der Waals surface area contributed by atoms with Crippen molar-refractivity contribution in [2.75, 3.05) is 19.7 Å². The number of hydrogen-bond acceptors (Lipinski definition) is 4. The van der Waals surface area contributed by atoms with Gasteiger partial charge in [0, 0.05) is 36.8 Å². The van der Waals surface area contributed by atoms with Gasteiger partial charge >= 0.3 is 6.36 Å². The van der Waals surface area contributed by atoms with Gasteiger partial charge in [0.15, 0.2) is 5.79 Å². The first-order chi connectivity index (χ1) is 12.7. The van der Waals surface area contributed by atoms with E-state index in [4.69, 9.17) is 9.47 Å². The highest BCUT2D eigenvalue weighted by Gasteiger charge is 2.43. The van der Waals surface area contributed by atoms with Crippen LogP contribution in [0.2, 0.25) is 0 Å². The number of alkyl halides is 3. The number of H-pyrrole nitrogens is 1. The first-order valence-corrected chi connectivity index (χ1v) is 8.73. The number of carbonyl (C=O) groups excluding carboxylic acids is 1. The number of halogens is 3. The zero-order chi connectivity index (χ0) is 19.2. The lowest BCUT2D eigenvalue weighted by atomic mass is 10.0. The van der Waals surface area contributed by atoms with Gasteiger partial charge in [-0.1, -0.05) is 6.07 Å². The van der Waals surface area contributed by atoms with Crippen LogP contribution < -0.4 is 4.74 Å². The van der Waals surface area contributed by atoms with Crippen molar-refractivity contribution in [2.24, 2.45) is 0 Å². The molecule has 2 saturated heterocycles. The van der Waals surface area contributed by atoms with Gasteiger partial charge in [-0.25, -0.2) is 0 Å². The summed E-state index contributed by atoms with van der Waals surface area (Å²) in [6.07, 6.45) is -3.64. The largest absolute Gasteiger partial charge is 0.573 e. The zero-order valence-corrected chi connectivity index (χ0v) is 14.6. The second-order valence-electron chi connectivity index (χ2n) is 6.89. The van der Waals surface area contributed by atoms with Gasteiger partial charge in [-0.2, -0.15) is 0 Å². The highest BCUT2D eigenvalue weighted by atomic mass is 19.4. The van der Waals surface area contributed by atoms with E-state index in [0.717, 1.165) is 0 Å². The van der Waals surface area contributed by atoms with Gasteiger partial charge in [-0.3, -0.25) is 4.79 Å². The number of amides is 1. The van der Waals surface area contributed by atoms with Crippen molar-refractivity contribution in [1.29, 1.82) is 0 Å². The number of ether oxygens (including phenoxy) is 3. The fourth-order valence-electron chi connectivity index (χ4n) is 3.64. The lowest BCUT2D eigenvalue weighted by Crippen LogP contribution is -2.47. The lowest BCUT2D eigenvalue weighted by molar-refractivity contribution is -0.274. The van der Waals surface area contributed by atoms with Gasteiger partial charge in [0.25, 0.3) is 5.91 Å². The Morgan fingerprint density at radius 1 is 1.33 bits per heavy atom. The number of hydrogen-bond donors (Lipinski definition) is 1. The summed E-state index contributed by atoms with van der Waals surface area (Å²) in [7, 11) is 0. The average Bonchev–Trinajstić information content (AvgIpc) is 3.19. The maximum atomic E-state index is 12.8. The van der Waals surface area contributed by atoms with Crippen LogP contribution in [0.5, 0.6) is 5.75 Å². The third kappa shape index (κ3) is 3.61. The molecule has 3 heterocycles. The number of piperidine rings is 1. The summed E-state index contributed by atoms with van der Waals surface area (Å²) in [4.78, 5) is 17.3. The molecule has 0 aliphatic carbocycles. The van der Waals surface area contributed by atoms with Crippen LogP contribution in [0.15, 0.2) is 24.3 Å². The summed E-state index contributed by atoms with van der Waals surface area (Å²) in [6.45, 7) is 3.38. The van der Waals surface area contributed by atoms with E-state index in [-0.39, 0.29) is 28.8 Å². The number of carbonyl (C=O) groups is 1. The monoisotopic (exact) mass is 384 g/mol. The van der Waals surface area contributed by atoms with Crippen LogP contribution in [0, 0.1) is 0 Å². The molecule has 27 heavy (non-hydrogen) atoms. The highest BCUT2D eigenvalue weighted by Crippen LogP contribution is 2.35. The Kier molecular flexibility index (Phi) is 4.31. The molecule has 0 radical (unpaired) electrons. The molecule has 2 aliphatic heterocycles. The molecule has 2 aromatic rings. The van der Waals surface area contributed by atoms with Crippen LogP contribution in [-0.4, -0.2) is 53.7 Å². The molecule has 1 atom stereocenters. The van der Waals surface area contributed by atoms with Gasteiger partial charge in [-0.15, -0.1) is 13.2 Å². The van der Waals surface area contributed by atoms with E-state index >= 15 is 0 Å². The summed E-state index contributed by atoms with van der Waals surface area (Å²) >= 11 is 0. The molecule has 1 aromatic heterocycles. The SMILES string of the molecule is CC1COC2(CCN(C(=O)c3cc4c(OC(F)(F)F)cccc4[nH]3)CC2)O1. The molecule has 0 bridgehead atoms. The number of nitrogens with one attached hydrogen (secondary N) is 1. The summed E-state index contributed by atoms with van der Waals surface area (Å²) in [5.74, 6) is -1.23. The van der Waals surface area contributed by atoms with Crippen LogP contribution in [0.1, 0.15) is 30.3 Å². The predicted octanol–water partition coefficient (Wildman–Crippen LogP) is 3.43. The summed E-state index contributed by atoms with van der Waals surface area (Å²) in [5, 5.41) is 0.211. The third-order valence-corrected chi connectivity index (χ3v) is 4.89. The Morgan fingerprint density at radius 3 is 2.70 bits per heavy atom. The van der Waals surface area contributed by atoms with Crippen molar-refractivity contribution >= 4 is 16.8 Å². The maximum absolute atomic E-state index is 12.8. The minimum Gasteiger partial charge on any atom is -0.405 e. The van der Waals surface area contributed by atoms with Crippen molar-refractivity contribution in [3.05, 3.63) is 30.0 Å². The van der Waals surface area contributed by atoms with Crippen LogP contribution in [-0.2, 0) is 9.47 Å². The molecule has 4 rings (SSSR count). The van der Waals surface area contributed by atoms with Gasteiger partial charge in [0.2, 0.25) is 0 Å². The Bertz CT molecular complexity index is 856. The number of rotatable bonds is 2. The zero-order valence-electron chi connectivity index (χ0n) is 14.6. The lowest BCUT2D eigenvalue weighted by Gasteiger charge is -2.37. The number of aromatic nitrogens is 1. The first kappa shape index (κ1) is 18.1. The van der Waals surface area contributed by atoms with Gasteiger partial charge in [0.1, 0.15) is 11.4 Å². The van der Waals surface area contributed by atoms with E-state index in [2.05, 4.69) is 9.72 Å². The van der Waals surface area contributed by atoms with Crippen molar-refractivity contribution < 1.29 is 32.2 Å². The molecule has 0 saturated carbocycles. The van der Waals surface area contributed by atoms with E-state index in [1.54, 1.807) is 11.0 Å². The summed E-state index contributed by atoms with van der Waals surface area (Å²) < 4.78 is 53.3. The van der Waals surface area contributed by atoms with Gasteiger partial charge in [-0.05, 0) is 25.1 Å². The quantitative estimate of drug-likeness (QED) is 0.862. The highest BCUT2D eigenvalue weighted by molar-refractivity contribution is 5.99. The molecular weight excluding hydrogens is 365 g/mol. The molecule has 9 heteroatoms. The summed E-state index contributed by atoms with van der Waals surface area (Å²) in [6, 6.07) is 5.66. The van der Waals surface area contributed by atoms with Crippen molar-refractivity contribution in [2.45, 2.75) is 38.0 Å². The standard InChI is InChI=1S/C18H19F3N2O4/c1-11-10-25-17(26-11)5-7-23(8-6-17)16(24)14-9-12-13(22-14)3-2-4-15(12)27-18(19,20)21/h2-4,9,11,22H,5-8,10H2,1H3. The van der Waals surface area contributed by atoms with E-state index < -0.39 is 12.1 Å². The molecule has 1 spiro atoms. The Hall–Kier alpha value is -2.26. The van der Waals surface area contributed by atoms with Crippen LogP contribution >= 0.6 is 0 Å². The van der Waals surface area contributed by atoms with Gasteiger partial charge < -0.3 is 24.1 Å². The Balaban J connectivity index is 1.51. The second kappa shape index (κ2) is 6.42. The van der Waals surface area contributed by atoms with Gasteiger partial charge in [0.05, 0.1) is 12.7 Å². The number of nitrogens with zero attached hydrogens (tertiary/aromatic N) is 1. The van der Waals surface area contributed by atoms with Crippen LogP contribution in [0.25, 0.3) is 10.9 Å². The average molecular weight is 384 g/mol. The summed E-state index contributed by atoms with van der Waals surface area (Å²) in [5.41, 5.74) is 0.630. The smallest absolute Gasteiger partial charge is 0.405 e. The molecule has 6 nitrogen and oxygen atoms in total. The Morgan fingerprint density at radius 2 is 2.07 bits per heavy atom. The number of benzene rings is 1. The fourth-order valence-corrected chi connectivity index (χ4v) is 3.64. The maximum Gasteiger partial charge on any atom is 0.573 e. The predicted molar refractivity (Wildman–Crippen MR) is 89.3 cm³/mol. The third-order valence-electron chi connectivity index (χ3n) is 4.89. The molecule has 2 aliphatic rings. The second-order valence-corrected chi connectivity index (χ2v) is 6.89. The topological polar surface area (TPSA) is 63.8 Å². The van der Waals surface area contributed by atoms with Crippen LogP contribution in [0.4, 0.5) is 13.2 Å². The van der Waals surface area contributed by atoms with E-state index in [1.807, 2.05) is 6.92 Å². The minimum atomic E-state index is -4.80. The van der Waals surface area contributed by atoms with Crippen molar-refractivity contribution in [3.63, 3.8) is 0 Å². The van der Waals surface area contributed by atoms with E-state index in [1.165, 1.54) is 18.2 Å². The molecular formula is C18H19F3N2O4. The molecule has 1 N–H and O–H groups in total. The Labute approximate surface area is 153 Å². The van der Waals surface area contributed by atoms with E-state index in [0.29, 0.717) is 38.1 Å². The van der Waals surface area contributed by atoms with Crippen molar-refractivity contribution in [1.82, 2.24) is 9.88 Å². The molecule has 1 aromatic carbocycles. The minimum absolute atomic E-state index is 0.0352. The normalized spacial score (nSPS) is 22.5.